The molecule has 4 atom stereocenters. The summed E-state index contributed by atoms with van der Waals surface area (Å²) in [6.45, 7) is 5.71. The number of hydrogen-bond acceptors (Lipinski definition) is 31. The number of hydrogen-bond donors (Lipinski definition) is 5. The zero-order valence-electron chi connectivity index (χ0n) is 61.3. The maximum atomic E-state index is 10.9. The zero-order valence-corrected chi connectivity index (χ0v) is 68.7. The van der Waals surface area contributed by atoms with Gasteiger partial charge in [-0.05, 0) is 86.6 Å². The van der Waals surface area contributed by atoms with E-state index in [1.807, 2.05) is 168 Å². The predicted molar refractivity (Wildman–Crippen MR) is 461 cm³/mol. The van der Waals surface area contributed by atoms with Crippen LogP contribution in [0.3, 0.4) is 0 Å². The third kappa shape index (κ3) is 24.8. The molecule has 7 aromatic heterocycles. The van der Waals surface area contributed by atoms with Crippen LogP contribution in [0.1, 0.15) is 84.2 Å². The van der Waals surface area contributed by atoms with Crippen molar-refractivity contribution >= 4 is 145 Å². The molecule has 0 spiro atoms. The Morgan fingerprint density at radius 2 is 0.670 bits per heavy atom. The van der Waals surface area contributed by atoms with Crippen molar-refractivity contribution in [3.05, 3.63) is 330 Å². The number of nitrogens with zero attached hydrogens (tertiary/aromatic N) is 14. The average Bonchev–Trinajstić information content (AvgIpc) is 1.69. The Morgan fingerprint density at radius 1 is 0.400 bits per heavy atom. The Morgan fingerprint density at radius 3 is 0.930 bits per heavy atom. The number of nitro groups is 3. The van der Waals surface area contributed by atoms with Gasteiger partial charge in [0.05, 0.1) is 60.8 Å². The molecule has 0 amide bonds. The first kappa shape index (κ1) is 84.0. The molecule has 0 radical (unpaired) electrons. The molecule has 0 aliphatic rings. The first-order valence-electron chi connectivity index (χ1n) is 34.5. The standard InChI is InChI=1S/C20H19N5O3S3.2C20H17N5O2S2.C18H13N3O2S2.H3N/c1-13-23-24-20(30-13)22-17(11-14-7-9-16(10-8-14)25-31(26,27)28)18-12-29-19(21-18)15-5-3-2-4-6-15;2*1-13-23-24-20(29-13)22-17(11-14-7-9-16(10-8-14)25(26)27)18-12-28-19(21-18)15-5-3-2-4-6-15;22-21(23)15-8-6-13(7-9-15)10-16(19-12-24)17-11-25-18(20-17)14-4-2-1-3-5-14;/h2-10,12,17,25H,11H2,1H3,(H,22,24)(H,26,27,28);2*2-10,12,17H,11H2,1H3,(H,22,24);1-9,11,16H,10H2;1H3/t3*17-;16-;/m0000./s1. The maximum absolute atomic E-state index is 10.9. The van der Waals surface area contributed by atoms with Gasteiger partial charge in [0.25, 0.3) is 17.1 Å². The van der Waals surface area contributed by atoms with Gasteiger partial charge >= 0.3 is 0 Å². The van der Waals surface area contributed by atoms with Crippen molar-refractivity contribution in [2.24, 2.45) is 4.99 Å². The van der Waals surface area contributed by atoms with E-state index < -0.39 is 25.1 Å². The molecule has 0 unspecified atom stereocenters. The number of aryl methyl sites for hydroxylation is 3. The molecule has 8 N–H and O–H groups in total. The molecule has 0 saturated heterocycles. The number of quaternary nitrogens is 1. The maximum Gasteiger partial charge on any atom is 0.269 e. The highest BCUT2D eigenvalue weighted by molar-refractivity contribution is 7.87. The van der Waals surface area contributed by atoms with Crippen LogP contribution < -0.4 is 26.8 Å². The summed E-state index contributed by atoms with van der Waals surface area (Å²) >= 11 is 15.5. The minimum atomic E-state index is -4.55. The summed E-state index contributed by atoms with van der Waals surface area (Å²) in [5.41, 5.74) is 12.0. The number of non-ortho nitro benzene ring substituents is 3. The Hall–Kier alpha value is -12.0. The molecule has 7 heterocycles. The normalized spacial score (nSPS) is 11.9. The molecule has 115 heavy (non-hydrogen) atoms. The second-order valence-corrected chi connectivity index (χ2v) is 33.1. The second kappa shape index (κ2) is 40.7. The van der Waals surface area contributed by atoms with E-state index in [-0.39, 0.29) is 53.1 Å². The highest BCUT2D eigenvalue weighted by Gasteiger charge is 2.24. The van der Waals surface area contributed by atoms with Crippen molar-refractivity contribution in [2.75, 3.05) is 20.7 Å². The fourth-order valence-electron chi connectivity index (χ4n) is 11.2. The van der Waals surface area contributed by atoms with Crippen LogP contribution in [0.25, 0.3) is 42.3 Å². The lowest BCUT2D eigenvalue weighted by atomic mass is 10.0. The molecule has 0 bridgehead atoms. The molecule has 584 valence electrons. The highest BCUT2D eigenvalue weighted by atomic mass is 32.2. The van der Waals surface area contributed by atoms with E-state index >= 15 is 0 Å². The molecule has 0 aliphatic heterocycles. The van der Waals surface area contributed by atoms with Crippen molar-refractivity contribution in [1.82, 2.24) is 56.7 Å². The van der Waals surface area contributed by atoms with Gasteiger partial charge in [0.1, 0.15) is 41.1 Å². The summed E-state index contributed by atoms with van der Waals surface area (Å²) in [5, 5.41) is 86.5. The number of nitrogens with one attached hydrogen (secondary N) is 4. The topological polar surface area (TPSA) is 412 Å². The van der Waals surface area contributed by atoms with Crippen LogP contribution in [0.2, 0.25) is 0 Å². The molecule has 8 aromatic carbocycles. The third-order valence-electron chi connectivity index (χ3n) is 16.6. The summed E-state index contributed by atoms with van der Waals surface area (Å²) in [4.78, 5) is 54.8. The number of aromatic nitrogens is 10. The number of thiocarbonyl (C=S) groups is 1. The third-order valence-corrected chi connectivity index (χ3v) is 23.2. The lowest BCUT2D eigenvalue weighted by Gasteiger charge is -2.17. The minimum Gasteiger partial charge on any atom is -0.731 e. The fraction of sp³-hybridized carbons (Fsp3) is 0.141. The number of anilines is 4. The number of benzene rings is 8. The Bertz CT molecular complexity index is 5640. The number of rotatable bonds is 28. The van der Waals surface area contributed by atoms with Crippen LogP contribution in [0.5, 0.6) is 0 Å². The van der Waals surface area contributed by atoms with Gasteiger partial charge in [0.15, 0.2) is 10.3 Å². The molecule has 15 aromatic rings. The summed E-state index contributed by atoms with van der Waals surface area (Å²) in [5.74, 6) is 0. The van der Waals surface area contributed by atoms with Crippen LogP contribution in [0.4, 0.5) is 38.1 Å². The van der Waals surface area contributed by atoms with Crippen molar-refractivity contribution in [1.29, 1.82) is 0 Å². The van der Waals surface area contributed by atoms with Gasteiger partial charge in [-0.3, -0.25) is 35.1 Å². The molecule has 0 aliphatic carbocycles. The largest absolute Gasteiger partial charge is 0.731 e. The monoisotopic (exact) mass is 1700 g/mol. The minimum absolute atomic E-state index is 0. The van der Waals surface area contributed by atoms with Crippen LogP contribution in [-0.2, 0) is 36.0 Å². The predicted octanol–water partition coefficient (Wildman–Crippen LogP) is 20.3. The highest BCUT2D eigenvalue weighted by Crippen LogP contribution is 2.36. The van der Waals surface area contributed by atoms with Crippen molar-refractivity contribution in [3.8, 4) is 42.3 Å². The fourth-order valence-corrected chi connectivity index (χ4v) is 17.2. The van der Waals surface area contributed by atoms with Gasteiger partial charge in [-0.2, -0.15) is 0 Å². The molecular weight excluding hydrogens is 1640 g/mol. The van der Waals surface area contributed by atoms with E-state index in [0.29, 0.717) is 30.8 Å². The quantitative estimate of drug-likeness (QED) is 0.00999. The van der Waals surface area contributed by atoms with Crippen LogP contribution in [-0.4, -0.2) is 83.4 Å². The lowest BCUT2D eigenvalue weighted by molar-refractivity contribution is -0.385. The van der Waals surface area contributed by atoms with E-state index in [0.717, 1.165) is 113 Å². The van der Waals surface area contributed by atoms with Crippen LogP contribution in [0.15, 0.2) is 245 Å². The Balaban J connectivity index is 0.000000151. The summed E-state index contributed by atoms with van der Waals surface area (Å²) in [6.07, 6.45) is 2.38. The average molecular weight is 1710 g/mol. The number of aliphatic imine (C=N–C) groups is 1. The van der Waals surface area contributed by atoms with Gasteiger partial charge < -0.3 is 26.7 Å². The van der Waals surface area contributed by atoms with E-state index in [1.54, 1.807) is 106 Å². The second-order valence-electron chi connectivity index (χ2n) is 24.8. The summed E-state index contributed by atoms with van der Waals surface area (Å²) in [7, 11) is -4.55. The molecule has 37 heteroatoms. The van der Waals surface area contributed by atoms with Crippen LogP contribution in [0, 0.1) is 51.1 Å². The van der Waals surface area contributed by atoms with Crippen molar-refractivity contribution in [2.45, 2.75) is 70.6 Å². The van der Waals surface area contributed by atoms with Crippen molar-refractivity contribution < 1.29 is 27.7 Å². The van der Waals surface area contributed by atoms with E-state index in [4.69, 9.17) is 27.2 Å². The molecule has 0 saturated carbocycles. The molecule has 28 nitrogen and oxygen atoms in total. The Labute approximate surface area is 693 Å². The van der Waals surface area contributed by atoms with E-state index in [9.17, 15) is 43.3 Å². The van der Waals surface area contributed by atoms with Gasteiger partial charge in [-0.15, -0.1) is 75.9 Å². The number of isothiocyanates is 1. The first-order chi connectivity index (χ1) is 55.2. The number of thiazole rings is 4. The van der Waals surface area contributed by atoms with E-state index in [1.165, 1.54) is 70.4 Å². The number of nitro benzene ring substituents is 3. The summed E-state index contributed by atoms with van der Waals surface area (Å²) in [6, 6.07) is 65.7. The molecular formula is C78H69N19O9S9. The smallest absolute Gasteiger partial charge is 0.269 e. The lowest BCUT2D eigenvalue weighted by Crippen LogP contribution is -2.14. The first-order valence-corrected chi connectivity index (χ1v) is 42.3. The molecule has 15 rings (SSSR count). The summed E-state index contributed by atoms with van der Waals surface area (Å²) < 4.78 is 34.6. The van der Waals surface area contributed by atoms with Gasteiger partial charge in [0.2, 0.25) is 15.4 Å². The van der Waals surface area contributed by atoms with Gasteiger partial charge in [-0.1, -0.05) is 204 Å². The van der Waals surface area contributed by atoms with Gasteiger partial charge in [-0.25, -0.2) is 33.3 Å². The van der Waals surface area contributed by atoms with Crippen LogP contribution >= 0.6 is 91.6 Å². The Kier molecular flexibility index (Phi) is 29.7. The van der Waals surface area contributed by atoms with E-state index in [2.05, 4.69) is 61.7 Å². The SMILES string of the molecule is Cc1nnc(N[C@@H](Cc2ccc(NS(=O)(=O)[O-])cc2)c2csc(-c3ccccc3)n2)s1.Cc1nnc(N[C@@H](Cc2ccc([N+](=O)[O-])cc2)c2csc(-c3ccccc3)n2)s1.Cc1nnc(N[C@@H](Cc2ccc([N+](=O)[O-])cc2)c2csc(-c3ccccc3)n2)s1.O=[N+]([O-])c1ccc(C[C@H](N=C=S)c2csc(-c3ccccc3)n2)cc1.[NH4+]. The zero-order chi connectivity index (χ0) is 79.9. The van der Waals surface area contributed by atoms with Gasteiger partial charge in [0, 0.05) is 92.3 Å². The van der Waals surface area contributed by atoms with Crippen molar-refractivity contribution in [3.63, 3.8) is 0 Å². The molecule has 0 fully saturated rings.